The van der Waals surface area contributed by atoms with Gasteiger partial charge in [0.15, 0.2) is 11.9 Å². The standard InChI is InChI=1S/C15H20BrNO3/c1-9(2)8-17-15(19)11(4)20-14-6-5-12(16)7-13(14)10(3)18/h5-7,9,11H,8H2,1-4H3,(H,17,19). The lowest BCUT2D eigenvalue weighted by molar-refractivity contribution is -0.127. The lowest BCUT2D eigenvalue weighted by atomic mass is 10.1. The van der Waals surface area contributed by atoms with E-state index in [1.54, 1.807) is 25.1 Å². The maximum absolute atomic E-state index is 11.9. The average molecular weight is 342 g/mol. The predicted molar refractivity (Wildman–Crippen MR) is 82.1 cm³/mol. The number of Topliss-reactive ketones (excluding diaryl/α,β-unsaturated/α-hetero) is 1. The van der Waals surface area contributed by atoms with Crippen LogP contribution in [0.4, 0.5) is 0 Å². The number of halogens is 1. The van der Waals surface area contributed by atoms with Gasteiger partial charge >= 0.3 is 0 Å². The number of ketones is 1. The summed E-state index contributed by atoms with van der Waals surface area (Å²) in [5, 5.41) is 2.80. The van der Waals surface area contributed by atoms with Crippen molar-refractivity contribution in [3.63, 3.8) is 0 Å². The van der Waals surface area contributed by atoms with Crippen LogP contribution in [0.25, 0.3) is 0 Å². The number of carbonyl (C=O) groups is 2. The number of carbonyl (C=O) groups excluding carboxylic acids is 2. The van der Waals surface area contributed by atoms with E-state index in [9.17, 15) is 9.59 Å². The molecular weight excluding hydrogens is 322 g/mol. The fourth-order valence-electron chi connectivity index (χ4n) is 1.57. The Labute approximate surface area is 128 Å². The van der Waals surface area contributed by atoms with Crippen LogP contribution in [0.3, 0.4) is 0 Å². The molecular formula is C15H20BrNO3. The molecule has 0 aliphatic heterocycles. The number of benzene rings is 1. The van der Waals surface area contributed by atoms with Crippen molar-refractivity contribution in [2.24, 2.45) is 5.92 Å². The molecule has 0 aliphatic carbocycles. The van der Waals surface area contributed by atoms with Gasteiger partial charge in [0.2, 0.25) is 0 Å². The topological polar surface area (TPSA) is 55.4 Å². The Bertz CT molecular complexity index is 500. The molecule has 1 aromatic rings. The van der Waals surface area contributed by atoms with Gasteiger partial charge in [0.1, 0.15) is 5.75 Å². The van der Waals surface area contributed by atoms with Crippen molar-refractivity contribution in [3.8, 4) is 5.75 Å². The zero-order valence-electron chi connectivity index (χ0n) is 12.2. The minimum absolute atomic E-state index is 0.101. The van der Waals surface area contributed by atoms with E-state index in [2.05, 4.69) is 21.2 Å². The molecule has 0 spiro atoms. The van der Waals surface area contributed by atoms with Crippen LogP contribution < -0.4 is 10.1 Å². The van der Waals surface area contributed by atoms with Gasteiger partial charge in [-0.1, -0.05) is 29.8 Å². The van der Waals surface area contributed by atoms with Gasteiger partial charge in [-0.2, -0.15) is 0 Å². The quantitative estimate of drug-likeness (QED) is 0.808. The Hall–Kier alpha value is -1.36. The molecule has 0 fully saturated rings. The van der Waals surface area contributed by atoms with Gasteiger partial charge in [0.25, 0.3) is 5.91 Å². The first-order valence-corrected chi connectivity index (χ1v) is 7.35. The summed E-state index contributed by atoms with van der Waals surface area (Å²) >= 11 is 3.31. The van der Waals surface area contributed by atoms with E-state index in [0.29, 0.717) is 23.8 Å². The van der Waals surface area contributed by atoms with E-state index in [-0.39, 0.29) is 11.7 Å². The SMILES string of the molecule is CC(=O)c1cc(Br)ccc1OC(C)C(=O)NCC(C)C. The summed E-state index contributed by atoms with van der Waals surface area (Å²) in [4.78, 5) is 23.5. The molecule has 0 aliphatic rings. The van der Waals surface area contributed by atoms with Crippen molar-refractivity contribution in [2.75, 3.05) is 6.54 Å². The summed E-state index contributed by atoms with van der Waals surface area (Å²) in [6.45, 7) is 7.79. The Morgan fingerprint density at radius 2 is 1.95 bits per heavy atom. The minimum Gasteiger partial charge on any atom is -0.480 e. The van der Waals surface area contributed by atoms with Gasteiger partial charge in [0, 0.05) is 11.0 Å². The summed E-state index contributed by atoms with van der Waals surface area (Å²) in [7, 11) is 0. The van der Waals surface area contributed by atoms with Crippen LogP contribution in [0, 0.1) is 5.92 Å². The first kappa shape index (κ1) is 16.7. The highest BCUT2D eigenvalue weighted by Crippen LogP contribution is 2.24. The summed E-state index contributed by atoms with van der Waals surface area (Å²) in [5.41, 5.74) is 0.461. The Morgan fingerprint density at radius 1 is 1.30 bits per heavy atom. The molecule has 0 radical (unpaired) electrons. The van der Waals surface area contributed by atoms with Crippen LogP contribution in [0.1, 0.15) is 38.1 Å². The van der Waals surface area contributed by atoms with E-state index in [0.717, 1.165) is 4.47 Å². The fraction of sp³-hybridized carbons (Fsp3) is 0.467. The molecule has 0 saturated heterocycles. The normalized spacial score (nSPS) is 12.1. The molecule has 5 heteroatoms. The average Bonchev–Trinajstić information content (AvgIpc) is 2.37. The van der Waals surface area contributed by atoms with E-state index < -0.39 is 6.10 Å². The molecule has 0 heterocycles. The van der Waals surface area contributed by atoms with Crippen molar-refractivity contribution < 1.29 is 14.3 Å². The van der Waals surface area contributed by atoms with Crippen LogP contribution in [0.5, 0.6) is 5.75 Å². The highest BCUT2D eigenvalue weighted by atomic mass is 79.9. The van der Waals surface area contributed by atoms with E-state index >= 15 is 0 Å². The monoisotopic (exact) mass is 341 g/mol. The van der Waals surface area contributed by atoms with Crippen LogP contribution in [0.2, 0.25) is 0 Å². The van der Waals surface area contributed by atoms with Crippen molar-refractivity contribution in [3.05, 3.63) is 28.2 Å². The van der Waals surface area contributed by atoms with E-state index in [1.807, 2.05) is 13.8 Å². The second kappa shape index (κ2) is 7.43. The zero-order chi connectivity index (χ0) is 15.3. The number of hydrogen-bond donors (Lipinski definition) is 1. The fourth-order valence-corrected chi connectivity index (χ4v) is 1.93. The predicted octanol–water partition coefficient (Wildman–Crippen LogP) is 3.19. The number of hydrogen-bond acceptors (Lipinski definition) is 3. The third-order valence-corrected chi connectivity index (χ3v) is 3.17. The molecule has 0 bridgehead atoms. The van der Waals surface area contributed by atoms with Crippen LogP contribution >= 0.6 is 15.9 Å². The summed E-state index contributed by atoms with van der Waals surface area (Å²) in [5.74, 6) is 0.520. The van der Waals surface area contributed by atoms with Gasteiger partial charge in [-0.05, 0) is 38.0 Å². The van der Waals surface area contributed by atoms with Crippen molar-refractivity contribution in [1.29, 1.82) is 0 Å². The summed E-state index contributed by atoms with van der Waals surface area (Å²) in [6.07, 6.45) is -0.645. The van der Waals surface area contributed by atoms with Gasteiger partial charge in [-0.25, -0.2) is 0 Å². The third-order valence-electron chi connectivity index (χ3n) is 2.68. The van der Waals surface area contributed by atoms with Crippen molar-refractivity contribution in [2.45, 2.75) is 33.8 Å². The number of rotatable bonds is 6. The highest BCUT2D eigenvalue weighted by Gasteiger charge is 2.17. The Morgan fingerprint density at radius 3 is 2.50 bits per heavy atom. The molecule has 0 aromatic heterocycles. The maximum Gasteiger partial charge on any atom is 0.260 e. The third kappa shape index (κ3) is 4.96. The van der Waals surface area contributed by atoms with E-state index in [4.69, 9.17) is 4.74 Å². The zero-order valence-corrected chi connectivity index (χ0v) is 13.8. The first-order valence-electron chi connectivity index (χ1n) is 6.56. The Balaban J connectivity index is 2.77. The number of ether oxygens (including phenoxy) is 1. The molecule has 1 unspecified atom stereocenters. The summed E-state index contributed by atoms with van der Waals surface area (Å²) in [6, 6.07) is 5.16. The first-order chi connectivity index (χ1) is 9.31. The largest absolute Gasteiger partial charge is 0.480 e. The van der Waals surface area contributed by atoms with Crippen LogP contribution in [-0.4, -0.2) is 24.3 Å². The second-order valence-corrected chi connectivity index (χ2v) is 6.01. The molecule has 1 N–H and O–H groups in total. The summed E-state index contributed by atoms with van der Waals surface area (Å²) < 4.78 is 6.40. The molecule has 4 nitrogen and oxygen atoms in total. The minimum atomic E-state index is -0.645. The molecule has 1 atom stereocenters. The van der Waals surface area contributed by atoms with Crippen LogP contribution in [0.15, 0.2) is 22.7 Å². The smallest absolute Gasteiger partial charge is 0.260 e. The lowest BCUT2D eigenvalue weighted by Crippen LogP contribution is -2.38. The number of amides is 1. The molecule has 20 heavy (non-hydrogen) atoms. The molecule has 1 aromatic carbocycles. The van der Waals surface area contributed by atoms with Crippen molar-refractivity contribution in [1.82, 2.24) is 5.32 Å². The van der Waals surface area contributed by atoms with Gasteiger partial charge in [0.05, 0.1) is 5.56 Å². The molecule has 110 valence electrons. The Kier molecular flexibility index (Phi) is 6.20. The molecule has 1 rings (SSSR count). The van der Waals surface area contributed by atoms with E-state index in [1.165, 1.54) is 6.92 Å². The second-order valence-electron chi connectivity index (χ2n) is 5.10. The number of nitrogens with one attached hydrogen (secondary N) is 1. The lowest BCUT2D eigenvalue weighted by Gasteiger charge is -2.17. The molecule has 1 amide bonds. The molecule has 0 saturated carbocycles. The van der Waals surface area contributed by atoms with Gasteiger partial charge < -0.3 is 10.1 Å². The van der Waals surface area contributed by atoms with Crippen LogP contribution in [-0.2, 0) is 4.79 Å². The maximum atomic E-state index is 11.9. The van der Waals surface area contributed by atoms with Gasteiger partial charge in [-0.3, -0.25) is 9.59 Å². The van der Waals surface area contributed by atoms with Crippen molar-refractivity contribution >= 4 is 27.6 Å². The highest BCUT2D eigenvalue weighted by molar-refractivity contribution is 9.10. The van der Waals surface area contributed by atoms with Gasteiger partial charge in [-0.15, -0.1) is 0 Å².